The van der Waals surface area contributed by atoms with Crippen molar-refractivity contribution in [3.05, 3.63) is 29.8 Å². The van der Waals surface area contributed by atoms with Gasteiger partial charge in [0.2, 0.25) is 11.8 Å². The Bertz CT molecular complexity index is 631. The molecule has 2 aliphatic rings. The van der Waals surface area contributed by atoms with Crippen LogP contribution in [-0.2, 0) is 16.0 Å². The Morgan fingerprint density at radius 2 is 2.08 bits per heavy atom. The quantitative estimate of drug-likeness (QED) is 0.834. The van der Waals surface area contributed by atoms with E-state index in [9.17, 15) is 9.59 Å². The fourth-order valence-electron chi connectivity index (χ4n) is 4.11. The fourth-order valence-corrected chi connectivity index (χ4v) is 4.11. The van der Waals surface area contributed by atoms with Crippen molar-refractivity contribution in [2.24, 2.45) is 5.92 Å². The second-order valence-corrected chi connectivity index (χ2v) is 7.43. The summed E-state index contributed by atoms with van der Waals surface area (Å²) in [5.74, 6) is 0.662. The minimum atomic E-state index is -0.412. The van der Waals surface area contributed by atoms with Gasteiger partial charge in [0.25, 0.3) is 0 Å². The SMILES string of the molecule is CC(=O)N1c2ccccc2C[C@@H]1C(=O)NCCCN1CCC[C@@H](C)C1. The van der Waals surface area contributed by atoms with E-state index in [4.69, 9.17) is 0 Å². The maximum absolute atomic E-state index is 12.6. The van der Waals surface area contributed by atoms with E-state index in [1.807, 2.05) is 24.3 Å². The van der Waals surface area contributed by atoms with Crippen molar-refractivity contribution in [1.29, 1.82) is 0 Å². The zero-order valence-corrected chi connectivity index (χ0v) is 15.3. The summed E-state index contributed by atoms with van der Waals surface area (Å²) < 4.78 is 0. The van der Waals surface area contributed by atoms with Crippen molar-refractivity contribution in [1.82, 2.24) is 10.2 Å². The van der Waals surface area contributed by atoms with Gasteiger partial charge in [0.15, 0.2) is 0 Å². The highest BCUT2D eigenvalue weighted by atomic mass is 16.2. The molecule has 3 rings (SSSR count). The lowest BCUT2D eigenvalue weighted by Gasteiger charge is -2.30. The van der Waals surface area contributed by atoms with Crippen LogP contribution in [0.2, 0.25) is 0 Å². The van der Waals surface area contributed by atoms with Crippen molar-refractivity contribution in [2.75, 3.05) is 31.1 Å². The van der Waals surface area contributed by atoms with Crippen molar-refractivity contribution < 1.29 is 9.59 Å². The fraction of sp³-hybridized carbons (Fsp3) is 0.600. The second-order valence-electron chi connectivity index (χ2n) is 7.43. The lowest BCUT2D eigenvalue weighted by Crippen LogP contribution is -2.47. The van der Waals surface area contributed by atoms with E-state index in [1.165, 1.54) is 32.9 Å². The van der Waals surface area contributed by atoms with Gasteiger partial charge in [-0.05, 0) is 49.9 Å². The Labute approximate surface area is 150 Å². The van der Waals surface area contributed by atoms with E-state index in [0.717, 1.165) is 30.1 Å². The van der Waals surface area contributed by atoms with Crippen LogP contribution in [0.3, 0.4) is 0 Å². The highest BCUT2D eigenvalue weighted by Gasteiger charge is 2.36. The molecule has 0 unspecified atom stereocenters. The zero-order chi connectivity index (χ0) is 17.8. The van der Waals surface area contributed by atoms with Gasteiger partial charge in [0, 0.05) is 32.1 Å². The molecule has 0 radical (unpaired) electrons. The Kier molecular flexibility index (Phi) is 5.74. The van der Waals surface area contributed by atoms with Crippen LogP contribution in [0.1, 0.15) is 38.7 Å². The van der Waals surface area contributed by atoms with Gasteiger partial charge in [-0.2, -0.15) is 0 Å². The topological polar surface area (TPSA) is 52.7 Å². The van der Waals surface area contributed by atoms with Gasteiger partial charge in [-0.1, -0.05) is 25.1 Å². The number of para-hydroxylation sites is 1. The van der Waals surface area contributed by atoms with Crippen molar-refractivity contribution >= 4 is 17.5 Å². The number of hydrogen-bond acceptors (Lipinski definition) is 3. The lowest BCUT2D eigenvalue weighted by atomic mass is 10.0. The minimum Gasteiger partial charge on any atom is -0.354 e. The molecule has 2 atom stereocenters. The number of anilines is 1. The molecular weight excluding hydrogens is 314 g/mol. The average molecular weight is 343 g/mol. The molecule has 5 heteroatoms. The normalized spacial score (nSPS) is 23.4. The molecule has 0 bridgehead atoms. The van der Waals surface area contributed by atoms with E-state index < -0.39 is 6.04 Å². The number of piperidine rings is 1. The smallest absolute Gasteiger partial charge is 0.243 e. The number of nitrogens with zero attached hydrogens (tertiary/aromatic N) is 2. The molecule has 1 fully saturated rings. The first-order chi connectivity index (χ1) is 12.1. The average Bonchev–Trinajstić information content (AvgIpc) is 2.98. The standard InChI is InChI=1S/C20H29N3O2/c1-15-7-5-11-22(14-15)12-6-10-21-20(25)19-13-17-8-3-4-9-18(17)23(19)16(2)24/h3-4,8-9,15,19H,5-7,10-14H2,1-2H3,(H,21,25)/t15-,19-/m1/s1. The largest absolute Gasteiger partial charge is 0.354 e. The van der Waals surface area contributed by atoms with Crippen LogP contribution < -0.4 is 10.2 Å². The number of carbonyl (C=O) groups excluding carboxylic acids is 2. The molecule has 136 valence electrons. The van der Waals surface area contributed by atoms with Gasteiger partial charge in [-0.25, -0.2) is 0 Å². The molecule has 5 nitrogen and oxygen atoms in total. The minimum absolute atomic E-state index is 0.0431. The van der Waals surface area contributed by atoms with Crippen LogP contribution in [0.4, 0.5) is 5.69 Å². The zero-order valence-electron chi connectivity index (χ0n) is 15.3. The third-order valence-corrected chi connectivity index (χ3v) is 5.31. The first-order valence-corrected chi connectivity index (χ1v) is 9.44. The molecule has 2 heterocycles. The van der Waals surface area contributed by atoms with Gasteiger partial charge >= 0.3 is 0 Å². The molecule has 2 amide bonds. The van der Waals surface area contributed by atoms with Crippen molar-refractivity contribution in [2.45, 2.75) is 45.6 Å². The highest BCUT2D eigenvalue weighted by Crippen LogP contribution is 2.32. The van der Waals surface area contributed by atoms with Crippen molar-refractivity contribution in [3.8, 4) is 0 Å². The Morgan fingerprint density at radius 1 is 1.28 bits per heavy atom. The Balaban J connectivity index is 1.49. The molecule has 1 aromatic carbocycles. The number of nitrogens with one attached hydrogen (secondary N) is 1. The summed E-state index contributed by atoms with van der Waals surface area (Å²) in [7, 11) is 0. The molecule has 0 spiro atoms. The van der Waals surface area contributed by atoms with Gasteiger partial charge in [-0.15, -0.1) is 0 Å². The van der Waals surface area contributed by atoms with Gasteiger partial charge in [0.1, 0.15) is 6.04 Å². The summed E-state index contributed by atoms with van der Waals surface area (Å²) in [6.07, 6.45) is 4.17. The molecule has 0 aliphatic carbocycles. The Hall–Kier alpha value is -1.88. The number of amides is 2. The van der Waals surface area contributed by atoms with Crippen LogP contribution in [0.25, 0.3) is 0 Å². The summed E-state index contributed by atoms with van der Waals surface area (Å²) >= 11 is 0. The number of hydrogen-bond donors (Lipinski definition) is 1. The summed E-state index contributed by atoms with van der Waals surface area (Å²) in [6, 6.07) is 7.37. The maximum atomic E-state index is 12.6. The van der Waals surface area contributed by atoms with E-state index in [-0.39, 0.29) is 11.8 Å². The summed E-state index contributed by atoms with van der Waals surface area (Å²) in [5.41, 5.74) is 1.94. The predicted molar refractivity (Wildman–Crippen MR) is 99.6 cm³/mol. The van der Waals surface area contributed by atoms with Crippen LogP contribution >= 0.6 is 0 Å². The van der Waals surface area contributed by atoms with E-state index in [2.05, 4.69) is 17.1 Å². The number of carbonyl (C=O) groups is 2. The lowest BCUT2D eigenvalue weighted by molar-refractivity contribution is -0.125. The predicted octanol–water partition coefficient (Wildman–Crippen LogP) is 2.20. The molecule has 1 saturated heterocycles. The molecule has 25 heavy (non-hydrogen) atoms. The van der Waals surface area contributed by atoms with Crippen molar-refractivity contribution in [3.63, 3.8) is 0 Å². The van der Waals surface area contributed by atoms with Crippen LogP contribution in [0, 0.1) is 5.92 Å². The first-order valence-electron chi connectivity index (χ1n) is 9.44. The highest BCUT2D eigenvalue weighted by molar-refractivity contribution is 6.02. The van der Waals surface area contributed by atoms with Gasteiger partial charge in [-0.3, -0.25) is 14.5 Å². The molecular formula is C20H29N3O2. The molecule has 2 aliphatic heterocycles. The third-order valence-electron chi connectivity index (χ3n) is 5.31. The van der Waals surface area contributed by atoms with Crippen LogP contribution in [-0.4, -0.2) is 48.9 Å². The van der Waals surface area contributed by atoms with Gasteiger partial charge < -0.3 is 10.2 Å². The second kappa shape index (κ2) is 8.00. The summed E-state index contributed by atoms with van der Waals surface area (Å²) in [6.45, 7) is 7.88. The molecule has 1 aromatic rings. The van der Waals surface area contributed by atoms with Crippen LogP contribution in [0.5, 0.6) is 0 Å². The number of fused-ring (bicyclic) bond motifs is 1. The first kappa shape index (κ1) is 17.9. The number of benzene rings is 1. The van der Waals surface area contributed by atoms with Crippen LogP contribution in [0.15, 0.2) is 24.3 Å². The third kappa shape index (κ3) is 4.21. The van der Waals surface area contributed by atoms with Gasteiger partial charge in [0.05, 0.1) is 0 Å². The number of likely N-dealkylation sites (tertiary alicyclic amines) is 1. The molecule has 0 saturated carbocycles. The van der Waals surface area contributed by atoms with E-state index in [1.54, 1.807) is 4.90 Å². The van der Waals surface area contributed by atoms with E-state index in [0.29, 0.717) is 13.0 Å². The summed E-state index contributed by atoms with van der Waals surface area (Å²) in [5, 5.41) is 3.04. The number of rotatable bonds is 5. The monoisotopic (exact) mass is 343 g/mol. The summed E-state index contributed by atoms with van der Waals surface area (Å²) in [4.78, 5) is 28.8. The molecule has 1 N–H and O–H groups in total. The Morgan fingerprint density at radius 3 is 2.84 bits per heavy atom. The molecule has 0 aromatic heterocycles. The van der Waals surface area contributed by atoms with E-state index >= 15 is 0 Å². The maximum Gasteiger partial charge on any atom is 0.243 e.